The van der Waals surface area contributed by atoms with Gasteiger partial charge in [0.25, 0.3) is 0 Å². The molecule has 5 nitrogen and oxygen atoms in total. The number of ether oxygens (including phenoxy) is 1. The molecule has 0 radical (unpaired) electrons. The van der Waals surface area contributed by atoms with Gasteiger partial charge in [-0.05, 0) is 37.6 Å². The van der Waals surface area contributed by atoms with Crippen LogP contribution in [-0.4, -0.2) is 42.0 Å². The van der Waals surface area contributed by atoms with E-state index in [2.05, 4.69) is 10.2 Å². The fourth-order valence-corrected chi connectivity index (χ4v) is 3.37. The van der Waals surface area contributed by atoms with Crippen molar-refractivity contribution in [3.63, 3.8) is 0 Å². The van der Waals surface area contributed by atoms with Crippen LogP contribution >= 0.6 is 11.6 Å². The first-order valence-corrected chi connectivity index (χ1v) is 7.99. The lowest BCUT2D eigenvalue weighted by molar-refractivity contribution is -0.165. The second kappa shape index (κ2) is 6.67. The molecule has 0 unspecified atom stereocenters. The number of esters is 1. The number of benzene rings is 1. The zero-order valence-corrected chi connectivity index (χ0v) is 13.0. The van der Waals surface area contributed by atoms with Gasteiger partial charge in [0.1, 0.15) is 12.6 Å². The minimum Gasteiger partial charge on any atom is -0.463 e. The summed E-state index contributed by atoms with van der Waals surface area (Å²) in [6.07, 6.45) is 3.36. The number of carbonyl (C=O) groups excluding carboxylic acids is 2. The fourth-order valence-electron chi connectivity index (χ4n) is 3.18. The molecule has 2 fully saturated rings. The number of piperidine rings is 1. The van der Waals surface area contributed by atoms with Crippen molar-refractivity contribution in [3.8, 4) is 0 Å². The summed E-state index contributed by atoms with van der Waals surface area (Å²) in [4.78, 5) is 26.4. The summed E-state index contributed by atoms with van der Waals surface area (Å²) in [5.74, 6) is -0.491. The third kappa shape index (κ3) is 3.42. The number of carbonyl (C=O) groups is 2. The summed E-state index contributed by atoms with van der Waals surface area (Å²) in [7, 11) is 0. The van der Waals surface area contributed by atoms with E-state index in [9.17, 15) is 9.59 Å². The molecule has 1 aromatic carbocycles. The monoisotopic (exact) mass is 322 g/mol. The Bertz CT molecular complexity index is 578. The van der Waals surface area contributed by atoms with Gasteiger partial charge in [0.05, 0.1) is 6.42 Å². The molecule has 2 saturated heterocycles. The van der Waals surface area contributed by atoms with Gasteiger partial charge in [0.15, 0.2) is 0 Å². The molecule has 1 N–H and O–H groups in total. The maximum Gasteiger partial charge on any atom is 0.323 e. The molecule has 22 heavy (non-hydrogen) atoms. The average Bonchev–Trinajstić information content (AvgIpc) is 2.50. The van der Waals surface area contributed by atoms with E-state index in [1.807, 2.05) is 0 Å². The summed E-state index contributed by atoms with van der Waals surface area (Å²) < 4.78 is 5.25. The number of anilines is 1. The highest BCUT2D eigenvalue weighted by molar-refractivity contribution is 6.30. The summed E-state index contributed by atoms with van der Waals surface area (Å²) >= 11 is 5.90. The van der Waals surface area contributed by atoms with Crippen LogP contribution in [0, 0.1) is 0 Å². The predicted octanol–water partition coefficient (Wildman–Crippen LogP) is 2.45. The molecule has 2 aliphatic rings. The van der Waals surface area contributed by atoms with Gasteiger partial charge >= 0.3 is 5.97 Å². The Hall–Kier alpha value is -1.59. The molecule has 3 rings (SSSR count). The van der Waals surface area contributed by atoms with Crippen molar-refractivity contribution >= 4 is 29.2 Å². The highest BCUT2D eigenvalue weighted by Crippen LogP contribution is 2.26. The van der Waals surface area contributed by atoms with Crippen LogP contribution in [-0.2, 0) is 14.3 Å². The molecule has 0 spiro atoms. The third-order valence-corrected chi connectivity index (χ3v) is 4.49. The first-order chi connectivity index (χ1) is 10.6. The van der Waals surface area contributed by atoms with Crippen molar-refractivity contribution in [1.29, 1.82) is 0 Å². The van der Waals surface area contributed by atoms with Crippen LogP contribution in [0.1, 0.15) is 25.7 Å². The third-order valence-electron chi connectivity index (χ3n) is 4.25. The van der Waals surface area contributed by atoms with Crippen molar-refractivity contribution < 1.29 is 14.3 Å². The molecule has 0 aliphatic carbocycles. The smallest absolute Gasteiger partial charge is 0.323 e. The van der Waals surface area contributed by atoms with Crippen molar-refractivity contribution in [2.24, 2.45) is 0 Å². The number of halogens is 1. The Labute approximate surface area is 134 Å². The van der Waals surface area contributed by atoms with Gasteiger partial charge in [-0.1, -0.05) is 24.1 Å². The number of hydrogen-bond acceptors (Lipinski definition) is 4. The zero-order chi connectivity index (χ0) is 15.5. The predicted molar refractivity (Wildman–Crippen MR) is 83.8 cm³/mol. The van der Waals surface area contributed by atoms with Crippen LogP contribution in [0.5, 0.6) is 0 Å². The van der Waals surface area contributed by atoms with E-state index in [0.29, 0.717) is 17.3 Å². The van der Waals surface area contributed by atoms with E-state index in [-0.39, 0.29) is 24.3 Å². The normalized spacial score (nSPS) is 25.2. The standard InChI is InChI=1S/C16H19ClN2O3/c17-11-4-3-5-12(8-11)18-15(20)9-14-16(21)22-10-13-6-1-2-7-19(13)14/h3-5,8,13-14H,1-2,6-7,9-10H2,(H,18,20)/t13-,14+/m1/s1. The van der Waals surface area contributed by atoms with Gasteiger partial charge in [-0.2, -0.15) is 0 Å². The van der Waals surface area contributed by atoms with Crippen LogP contribution in [0.3, 0.4) is 0 Å². The van der Waals surface area contributed by atoms with Crippen LogP contribution < -0.4 is 5.32 Å². The highest BCUT2D eigenvalue weighted by atomic mass is 35.5. The molecule has 2 aliphatic heterocycles. The van der Waals surface area contributed by atoms with Gasteiger partial charge in [-0.25, -0.2) is 0 Å². The van der Waals surface area contributed by atoms with Crippen molar-refractivity contribution in [2.75, 3.05) is 18.5 Å². The average molecular weight is 323 g/mol. The Morgan fingerprint density at radius 2 is 2.27 bits per heavy atom. The van der Waals surface area contributed by atoms with E-state index in [1.165, 1.54) is 0 Å². The lowest BCUT2D eigenvalue weighted by Crippen LogP contribution is -2.57. The molecule has 2 atom stereocenters. The molecule has 6 heteroatoms. The molecule has 118 valence electrons. The van der Waals surface area contributed by atoms with E-state index in [0.717, 1.165) is 25.8 Å². The minimum atomic E-state index is -0.474. The van der Waals surface area contributed by atoms with Gasteiger partial charge < -0.3 is 10.1 Å². The molecular weight excluding hydrogens is 304 g/mol. The van der Waals surface area contributed by atoms with Crippen LogP contribution in [0.2, 0.25) is 5.02 Å². The summed E-state index contributed by atoms with van der Waals surface area (Å²) in [5, 5.41) is 3.35. The highest BCUT2D eigenvalue weighted by Gasteiger charge is 2.40. The zero-order valence-electron chi connectivity index (χ0n) is 12.3. The Morgan fingerprint density at radius 3 is 3.09 bits per heavy atom. The maximum atomic E-state index is 12.2. The molecular formula is C16H19ClN2O3. The number of nitrogens with zero attached hydrogens (tertiary/aromatic N) is 1. The van der Waals surface area contributed by atoms with Gasteiger partial charge in [0.2, 0.25) is 5.91 Å². The van der Waals surface area contributed by atoms with E-state index < -0.39 is 6.04 Å². The maximum absolute atomic E-state index is 12.2. The first-order valence-electron chi connectivity index (χ1n) is 7.61. The molecule has 0 bridgehead atoms. The lowest BCUT2D eigenvalue weighted by atomic mass is 9.97. The molecule has 0 aromatic heterocycles. The summed E-state index contributed by atoms with van der Waals surface area (Å²) in [6, 6.07) is 6.75. The molecule has 2 heterocycles. The SMILES string of the molecule is O=C(C[C@H]1C(=O)OC[C@H]2CCCCN21)Nc1cccc(Cl)c1. The number of nitrogens with one attached hydrogen (secondary N) is 1. The van der Waals surface area contributed by atoms with E-state index in [1.54, 1.807) is 24.3 Å². The van der Waals surface area contributed by atoms with Crippen molar-refractivity contribution in [1.82, 2.24) is 4.90 Å². The van der Waals surface area contributed by atoms with Gasteiger partial charge in [-0.15, -0.1) is 0 Å². The van der Waals surface area contributed by atoms with Gasteiger partial charge in [-0.3, -0.25) is 14.5 Å². The quantitative estimate of drug-likeness (QED) is 0.868. The molecule has 1 aromatic rings. The number of cyclic esters (lactones) is 1. The Kier molecular flexibility index (Phi) is 4.64. The lowest BCUT2D eigenvalue weighted by Gasteiger charge is -2.43. The number of amides is 1. The second-order valence-electron chi connectivity index (χ2n) is 5.80. The Balaban J connectivity index is 1.65. The van der Waals surface area contributed by atoms with Crippen molar-refractivity contribution in [3.05, 3.63) is 29.3 Å². The number of fused-ring (bicyclic) bond motifs is 1. The first kappa shape index (κ1) is 15.3. The van der Waals surface area contributed by atoms with Crippen LogP contribution in [0.25, 0.3) is 0 Å². The van der Waals surface area contributed by atoms with Crippen LogP contribution in [0.4, 0.5) is 5.69 Å². The number of morpholine rings is 1. The second-order valence-corrected chi connectivity index (χ2v) is 6.23. The Morgan fingerprint density at radius 1 is 1.41 bits per heavy atom. The largest absolute Gasteiger partial charge is 0.463 e. The number of hydrogen-bond donors (Lipinski definition) is 1. The topological polar surface area (TPSA) is 58.6 Å². The summed E-state index contributed by atoms with van der Waals surface area (Å²) in [6.45, 7) is 1.31. The van der Waals surface area contributed by atoms with Crippen LogP contribution in [0.15, 0.2) is 24.3 Å². The minimum absolute atomic E-state index is 0.113. The molecule has 1 amide bonds. The van der Waals surface area contributed by atoms with Gasteiger partial charge in [0, 0.05) is 16.8 Å². The fraction of sp³-hybridized carbons (Fsp3) is 0.500. The number of rotatable bonds is 3. The van der Waals surface area contributed by atoms with E-state index in [4.69, 9.17) is 16.3 Å². The molecule has 0 saturated carbocycles. The van der Waals surface area contributed by atoms with Crippen molar-refractivity contribution in [2.45, 2.75) is 37.8 Å². The summed E-state index contributed by atoms with van der Waals surface area (Å²) in [5.41, 5.74) is 0.636. The van der Waals surface area contributed by atoms with E-state index >= 15 is 0 Å².